The number of hydrogen-bond donors (Lipinski definition) is 1. The van der Waals surface area contributed by atoms with Crippen molar-refractivity contribution in [3.05, 3.63) is 65.0 Å². The van der Waals surface area contributed by atoms with E-state index in [9.17, 15) is 9.59 Å². The van der Waals surface area contributed by atoms with E-state index in [0.717, 1.165) is 22.2 Å². The first-order valence-electron chi connectivity index (χ1n) is 9.34. The number of esters is 1. The third kappa shape index (κ3) is 4.39. The van der Waals surface area contributed by atoms with E-state index in [1.165, 1.54) is 0 Å². The molecule has 0 fully saturated rings. The number of hydrogen-bond acceptors (Lipinski definition) is 4. The maximum absolute atomic E-state index is 12.6. The molecule has 6 nitrogen and oxygen atoms in total. The van der Waals surface area contributed by atoms with Gasteiger partial charge in [-0.05, 0) is 51.5 Å². The number of imidazole rings is 1. The lowest BCUT2D eigenvalue weighted by molar-refractivity contribution is -0.148. The molecular weight excluding hydrogens is 354 g/mol. The first-order valence-corrected chi connectivity index (χ1v) is 9.34. The molecule has 2 aromatic carbocycles. The van der Waals surface area contributed by atoms with E-state index in [1.54, 1.807) is 4.57 Å². The van der Waals surface area contributed by atoms with Crippen LogP contribution in [0.4, 0.5) is 0 Å². The third-order valence-corrected chi connectivity index (χ3v) is 4.42. The molecule has 0 atom stereocenters. The largest absolute Gasteiger partial charge is 0.462 e. The van der Waals surface area contributed by atoms with Crippen LogP contribution in [0.15, 0.2) is 42.5 Å². The van der Waals surface area contributed by atoms with Gasteiger partial charge in [-0.2, -0.15) is 0 Å². The maximum atomic E-state index is 12.6. The van der Waals surface area contributed by atoms with Crippen molar-refractivity contribution in [2.24, 2.45) is 0 Å². The van der Waals surface area contributed by atoms with E-state index in [4.69, 9.17) is 4.74 Å². The van der Waals surface area contributed by atoms with Crippen LogP contribution in [0.3, 0.4) is 0 Å². The highest BCUT2D eigenvalue weighted by Crippen LogP contribution is 2.17. The zero-order valence-corrected chi connectivity index (χ0v) is 16.7. The summed E-state index contributed by atoms with van der Waals surface area (Å²) >= 11 is 0. The molecule has 3 aromatic rings. The van der Waals surface area contributed by atoms with Gasteiger partial charge in [0.25, 0.3) is 5.91 Å². The molecule has 28 heavy (non-hydrogen) atoms. The van der Waals surface area contributed by atoms with Gasteiger partial charge in [-0.25, -0.2) is 4.98 Å². The van der Waals surface area contributed by atoms with Crippen LogP contribution < -0.4 is 5.32 Å². The van der Waals surface area contributed by atoms with Crippen LogP contribution in [0.5, 0.6) is 0 Å². The SMILES string of the molecule is Cc1ccc(C(=O)NCc2nc3ccccc3n2CC(=O)OC(C)C)c(C)c1. The van der Waals surface area contributed by atoms with Gasteiger partial charge in [0.2, 0.25) is 0 Å². The summed E-state index contributed by atoms with van der Waals surface area (Å²) in [5, 5.41) is 2.92. The predicted octanol–water partition coefficient (Wildman–Crippen LogP) is 3.53. The van der Waals surface area contributed by atoms with Crippen molar-refractivity contribution in [2.75, 3.05) is 0 Å². The van der Waals surface area contributed by atoms with E-state index < -0.39 is 0 Å². The van der Waals surface area contributed by atoms with Crippen molar-refractivity contribution in [3.8, 4) is 0 Å². The first-order chi connectivity index (χ1) is 13.3. The number of nitrogens with zero attached hydrogens (tertiary/aromatic N) is 2. The van der Waals surface area contributed by atoms with Gasteiger partial charge in [-0.3, -0.25) is 9.59 Å². The molecule has 3 rings (SSSR count). The Hall–Kier alpha value is -3.15. The number of amides is 1. The molecule has 0 aliphatic rings. The molecule has 1 heterocycles. The van der Waals surface area contributed by atoms with E-state index >= 15 is 0 Å². The number of carbonyl (C=O) groups excluding carboxylic acids is 2. The van der Waals surface area contributed by atoms with Crippen molar-refractivity contribution in [2.45, 2.75) is 46.9 Å². The van der Waals surface area contributed by atoms with Crippen LogP contribution in [-0.2, 0) is 22.6 Å². The van der Waals surface area contributed by atoms with Crippen molar-refractivity contribution in [3.63, 3.8) is 0 Å². The number of aromatic nitrogens is 2. The maximum Gasteiger partial charge on any atom is 0.326 e. The second-order valence-electron chi connectivity index (χ2n) is 7.14. The molecule has 1 aromatic heterocycles. The second-order valence-corrected chi connectivity index (χ2v) is 7.14. The Labute approximate surface area is 164 Å². The van der Waals surface area contributed by atoms with Crippen LogP contribution in [0.2, 0.25) is 0 Å². The highest BCUT2D eigenvalue weighted by atomic mass is 16.5. The van der Waals surface area contributed by atoms with E-state index in [-0.39, 0.29) is 31.1 Å². The Morgan fingerprint density at radius 3 is 2.61 bits per heavy atom. The molecular formula is C22H25N3O3. The summed E-state index contributed by atoms with van der Waals surface area (Å²) in [7, 11) is 0. The van der Waals surface area contributed by atoms with Gasteiger partial charge in [-0.15, -0.1) is 0 Å². The van der Waals surface area contributed by atoms with Gasteiger partial charge in [0.1, 0.15) is 12.4 Å². The average molecular weight is 379 g/mol. The minimum absolute atomic E-state index is 0.0491. The minimum atomic E-state index is -0.333. The number of nitrogens with one attached hydrogen (secondary N) is 1. The van der Waals surface area contributed by atoms with E-state index in [2.05, 4.69) is 10.3 Å². The fourth-order valence-electron chi connectivity index (χ4n) is 3.19. The van der Waals surface area contributed by atoms with Gasteiger partial charge in [0, 0.05) is 5.56 Å². The second kappa shape index (κ2) is 8.25. The lowest BCUT2D eigenvalue weighted by Gasteiger charge is -2.12. The van der Waals surface area contributed by atoms with E-state index in [1.807, 2.05) is 70.2 Å². The Bertz CT molecular complexity index is 1020. The smallest absolute Gasteiger partial charge is 0.326 e. The molecule has 1 N–H and O–H groups in total. The molecule has 0 radical (unpaired) electrons. The molecule has 1 amide bonds. The topological polar surface area (TPSA) is 73.2 Å². The molecule has 0 bridgehead atoms. The van der Waals surface area contributed by atoms with Gasteiger partial charge >= 0.3 is 5.97 Å². The standard InChI is InChI=1S/C22H25N3O3/c1-14(2)28-21(26)13-25-19-8-6-5-7-18(19)24-20(25)12-23-22(27)17-10-9-15(3)11-16(17)4/h5-11,14H,12-13H2,1-4H3,(H,23,27). The van der Waals surface area contributed by atoms with Crippen molar-refractivity contribution in [1.29, 1.82) is 0 Å². The summed E-state index contributed by atoms with van der Waals surface area (Å²) < 4.78 is 7.07. The van der Waals surface area contributed by atoms with Crippen molar-refractivity contribution in [1.82, 2.24) is 14.9 Å². The Morgan fingerprint density at radius 2 is 1.89 bits per heavy atom. The predicted molar refractivity (Wildman–Crippen MR) is 108 cm³/mol. The Kier molecular flexibility index (Phi) is 5.78. The number of ether oxygens (including phenoxy) is 1. The van der Waals surface area contributed by atoms with Gasteiger partial charge < -0.3 is 14.6 Å². The van der Waals surface area contributed by atoms with Gasteiger partial charge in [0.15, 0.2) is 0 Å². The summed E-state index contributed by atoms with van der Waals surface area (Å²) in [4.78, 5) is 29.4. The number of rotatable bonds is 6. The minimum Gasteiger partial charge on any atom is -0.462 e. The van der Waals surface area contributed by atoms with Crippen LogP contribution in [0.25, 0.3) is 11.0 Å². The zero-order chi connectivity index (χ0) is 20.3. The molecule has 0 aliphatic heterocycles. The quantitative estimate of drug-likeness (QED) is 0.665. The van der Waals surface area contributed by atoms with Crippen LogP contribution >= 0.6 is 0 Å². The van der Waals surface area contributed by atoms with Crippen LogP contribution in [0, 0.1) is 13.8 Å². The molecule has 0 spiro atoms. The average Bonchev–Trinajstić information content (AvgIpc) is 2.96. The summed E-state index contributed by atoms with van der Waals surface area (Å²) in [6.45, 7) is 7.81. The van der Waals surface area contributed by atoms with E-state index in [0.29, 0.717) is 11.4 Å². The fraction of sp³-hybridized carbons (Fsp3) is 0.318. The molecule has 0 aliphatic carbocycles. The van der Waals surface area contributed by atoms with Crippen LogP contribution in [-0.4, -0.2) is 27.5 Å². The Balaban J connectivity index is 1.83. The number of para-hydroxylation sites is 2. The zero-order valence-electron chi connectivity index (χ0n) is 16.7. The van der Waals surface area contributed by atoms with Gasteiger partial charge in [-0.1, -0.05) is 29.8 Å². The number of benzene rings is 2. The van der Waals surface area contributed by atoms with Gasteiger partial charge in [0.05, 0.1) is 23.7 Å². The lowest BCUT2D eigenvalue weighted by atomic mass is 10.1. The lowest BCUT2D eigenvalue weighted by Crippen LogP contribution is -2.26. The molecule has 146 valence electrons. The molecule has 0 saturated carbocycles. The monoisotopic (exact) mass is 379 g/mol. The number of fused-ring (bicyclic) bond motifs is 1. The fourth-order valence-corrected chi connectivity index (χ4v) is 3.19. The van der Waals surface area contributed by atoms with Crippen molar-refractivity contribution >= 4 is 22.9 Å². The molecule has 0 saturated heterocycles. The summed E-state index contributed by atoms with van der Waals surface area (Å²) in [6.07, 6.45) is -0.185. The highest BCUT2D eigenvalue weighted by molar-refractivity contribution is 5.95. The third-order valence-electron chi connectivity index (χ3n) is 4.42. The number of aryl methyl sites for hydroxylation is 2. The van der Waals surface area contributed by atoms with Crippen LogP contribution in [0.1, 0.15) is 41.2 Å². The summed E-state index contributed by atoms with van der Waals surface area (Å²) in [5.41, 5.74) is 4.27. The molecule has 0 unspecified atom stereocenters. The normalized spacial score (nSPS) is 11.0. The number of carbonyl (C=O) groups is 2. The summed E-state index contributed by atoms with van der Waals surface area (Å²) in [5.74, 6) is 0.112. The highest BCUT2D eigenvalue weighted by Gasteiger charge is 2.16. The van der Waals surface area contributed by atoms with Crippen molar-refractivity contribution < 1.29 is 14.3 Å². The first kappa shape index (κ1) is 19.6. The Morgan fingerprint density at radius 1 is 1.14 bits per heavy atom. The summed E-state index contributed by atoms with van der Waals surface area (Å²) in [6, 6.07) is 13.3. The molecule has 6 heteroatoms.